The standard InChI is InChI=1S/C12H11NOS2/c1-14-9-5-6-10-11(8-9)16-12(13-10)4-2-3-7-15/h5-6,8,15H,3,7H2,1H3. The summed E-state index contributed by atoms with van der Waals surface area (Å²) in [6, 6.07) is 5.85. The third-order valence-corrected chi connectivity index (χ3v) is 3.18. The molecule has 1 aromatic heterocycles. The molecule has 0 bridgehead atoms. The molecule has 2 nitrogen and oxygen atoms in total. The van der Waals surface area contributed by atoms with Gasteiger partial charge in [-0.1, -0.05) is 5.92 Å². The van der Waals surface area contributed by atoms with Gasteiger partial charge in [0.05, 0.1) is 17.3 Å². The Morgan fingerprint density at radius 3 is 3.12 bits per heavy atom. The van der Waals surface area contributed by atoms with Crippen molar-refractivity contribution < 1.29 is 4.74 Å². The smallest absolute Gasteiger partial charge is 0.168 e. The van der Waals surface area contributed by atoms with Gasteiger partial charge in [0.25, 0.3) is 0 Å². The first-order chi connectivity index (χ1) is 7.83. The quantitative estimate of drug-likeness (QED) is 0.653. The van der Waals surface area contributed by atoms with E-state index in [0.29, 0.717) is 0 Å². The Morgan fingerprint density at radius 2 is 2.38 bits per heavy atom. The molecule has 0 aliphatic heterocycles. The summed E-state index contributed by atoms with van der Waals surface area (Å²) in [5, 5.41) is 0.852. The molecule has 0 aliphatic rings. The molecule has 16 heavy (non-hydrogen) atoms. The van der Waals surface area contributed by atoms with Crippen LogP contribution in [0.15, 0.2) is 18.2 Å². The van der Waals surface area contributed by atoms with Gasteiger partial charge in [-0.2, -0.15) is 12.6 Å². The Bertz CT molecular complexity index is 551. The van der Waals surface area contributed by atoms with Crippen LogP contribution in [0.25, 0.3) is 10.2 Å². The van der Waals surface area contributed by atoms with Crippen LogP contribution in [0.1, 0.15) is 11.4 Å². The highest BCUT2D eigenvalue weighted by molar-refractivity contribution is 7.80. The number of hydrogen-bond donors (Lipinski definition) is 1. The van der Waals surface area contributed by atoms with Crippen molar-refractivity contribution in [1.82, 2.24) is 4.98 Å². The summed E-state index contributed by atoms with van der Waals surface area (Å²) < 4.78 is 6.27. The lowest BCUT2D eigenvalue weighted by molar-refractivity contribution is 0.415. The molecule has 0 fully saturated rings. The minimum atomic E-state index is 0.783. The number of thiol groups is 1. The maximum atomic E-state index is 5.16. The Labute approximate surface area is 104 Å². The first-order valence-electron chi connectivity index (χ1n) is 4.88. The van der Waals surface area contributed by atoms with Gasteiger partial charge in [-0.05, 0) is 24.1 Å². The van der Waals surface area contributed by atoms with Crippen molar-refractivity contribution in [3.8, 4) is 17.6 Å². The number of rotatable bonds is 2. The molecule has 0 spiro atoms. The molecule has 1 aromatic carbocycles. The monoisotopic (exact) mass is 249 g/mol. The van der Waals surface area contributed by atoms with Crippen LogP contribution in [0.3, 0.4) is 0 Å². The van der Waals surface area contributed by atoms with Crippen LogP contribution in [-0.2, 0) is 0 Å². The lowest BCUT2D eigenvalue weighted by atomic mass is 10.3. The van der Waals surface area contributed by atoms with Crippen LogP contribution >= 0.6 is 24.0 Å². The fraction of sp³-hybridized carbons (Fsp3) is 0.250. The van der Waals surface area contributed by atoms with E-state index in [4.69, 9.17) is 4.74 Å². The molecular weight excluding hydrogens is 238 g/mol. The highest BCUT2D eigenvalue weighted by atomic mass is 32.1. The van der Waals surface area contributed by atoms with Crippen molar-refractivity contribution >= 4 is 34.2 Å². The maximum Gasteiger partial charge on any atom is 0.168 e. The van der Waals surface area contributed by atoms with Gasteiger partial charge in [-0.15, -0.1) is 11.3 Å². The lowest BCUT2D eigenvalue weighted by Crippen LogP contribution is -1.80. The first-order valence-corrected chi connectivity index (χ1v) is 6.32. The maximum absolute atomic E-state index is 5.16. The number of nitrogens with zero attached hydrogens (tertiary/aromatic N) is 1. The topological polar surface area (TPSA) is 22.1 Å². The summed E-state index contributed by atoms with van der Waals surface area (Å²) in [5.41, 5.74) is 0.973. The number of fused-ring (bicyclic) bond motifs is 1. The summed E-state index contributed by atoms with van der Waals surface area (Å²) in [6.07, 6.45) is 0.794. The molecule has 0 saturated heterocycles. The molecule has 0 saturated carbocycles. The molecule has 82 valence electrons. The van der Waals surface area contributed by atoms with Crippen LogP contribution in [0.2, 0.25) is 0 Å². The van der Waals surface area contributed by atoms with Crippen molar-refractivity contribution in [2.75, 3.05) is 12.9 Å². The molecule has 4 heteroatoms. The molecule has 2 rings (SSSR count). The van der Waals surface area contributed by atoms with Gasteiger partial charge in [0.2, 0.25) is 0 Å². The van der Waals surface area contributed by atoms with Crippen molar-refractivity contribution in [2.24, 2.45) is 0 Å². The van der Waals surface area contributed by atoms with Crippen LogP contribution in [0, 0.1) is 11.8 Å². The van der Waals surface area contributed by atoms with Gasteiger partial charge in [-0.3, -0.25) is 0 Å². The van der Waals surface area contributed by atoms with E-state index in [-0.39, 0.29) is 0 Å². The van der Waals surface area contributed by atoms with Gasteiger partial charge in [0.1, 0.15) is 5.75 Å². The number of aromatic nitrogens is 1. The summed E-state index contributed by atoms with van der Waals surface area (Å²) in [4.78, 5) is 4.42. The van der Waals surface area contributed by atoms with Gasteiger partial charge in [0.15, 0.2) is 5.01 Å². The predicted octanol–water partition coefficient (Wildman–Crippen LogP) is 2.98. The van der Waals surface area contributed by atoms with Crippen molar-refractivity contribution in [1.29, 1.82) is 0 Å². The average molecular weight is 249 g/mol. The van der Waals surface area contributed by atoms with E-state index in [1.54, 1.807) is 18.4 Å². The summed E-state index contributed by atoms with van der Waals surface area (Å²) >= 11 is 5.69. The molecule has 0 aliphatic carbocycles. The van der Waals surface area contributed by atoms with E-state index in [1.165, 1.54) is 0 Å². The third kappa shape index (κ3) is 2.49. The molecule has 0 radical (unpaired) electrons. The summed E-state index contributed by atoms with van der Waals surface area (Å²) in [6.45, 7) is 0. The van der Waals surface area contributed by atoms with Gasteiger partial charge >= 0.3 is 0 Å². The number of methoxy groups -OCH3 is 1. The number of thiazole rings is 1. The molecule has 0 N–H and O–H groups in total. The van der Waals surface area contributed by atoms with E-state index >= 15 is 0 Å². The Balaban J connectivity index is 2.34. The molecule has 0 atom stereocenters. The highest BCUT2D eigenvalue weighted by Crippen LogP contribution is 2.25. The first kappa shape index (κ1) is 11.3. The summed E-state index contributed by atoms with van der Waals surface area (Å²) in [7, 11) is 1.66. The SMILES string of the molecule is COc1ccc2nc(C#CCCS)sc2c1. The second kappa shape index (κ2) is 5.24. The van der Waals surface area contributed by atoms with Gasteiger partial charge in [-0.25, -0.2) is 4.98 Å². The largest absolute Gasteiger partial charge is 0.497 e. The fourth-order valence-electron chi connectivity index (χ4n) is 1.28. The predicted molar refractivity (Wildman–Crippen MR) is 71.5 cm³/mol. The number of benzene rings is 1. The normalized spacial score (nSPS) is 9.88. The number of ether oxygens (including phenoxy) is 1. The lowest BCUT2D eigenvalue weighted by Gasteiger charge is -1.96. The van der Waals surface area contributed by atoms with Crippen LogP contribution in [0.5, 0.6) is 5.75 Å². The minimum Gasteiger partial charge on any atom is -0.497 e. The Kier molecular flexibility index (Phi) is 3.70. The van der Waals surface area contributed by atoms with E-state index in [2.05, 4.69) is 29.5 Å². The Hall–Kier alpha value is -1.18. The van der Waals surface area contributed by atoms with Crippen LogP contribution < -0.4 is 4.74 Å². The highest BCUT2D eigenvalue weighted by Gasteiger charge is 2.02. The van der Waals surface area contributed by atoms with Crippen LogP contribution in [-0.4, -0.2) is 17.8 Å². The molecular formula is C12H11NOS2. The molecule has 0 amide bonds. The van der Waals surface area contributed by atoms with E-state index < -0.39 is 0 Å². The van der Waals surface area contributed by atoms with Crippen molar-refractivity contribution in [3.05, 3.63) is 23.2 Å². The third-order valence-electron chi connectivity index (χ3n) is 2.03. The zero-order valence-corrected chi connectivity index (χ0v) is 10.6. The van der Waals surface area contributed by atoms with Crippen molar-refractivity contribution in [2.45, 2.75) is 6.42 Å². The van der Waals surface area contributed by atoms with Gasteiger partial charge in [0, 0.05) is 12.2 Å². The van der Waals surface area contributed by atoms with Crippen LogP contribution in [0.4, 0.5) is 0 Å². The zero-order valence-electron chi connectivity index (χ0n) is 8.86. The Morgan fingerprint density at radius 1 is 1.50 bits per heavy atom. The number of hydrogen-bond acceptors (Lipinski definition) is 4. The van der Waals surface area contributed by atoms with E-state index in [9.17, 15) is 0 Å². The van der Waals surface area contributed by atoms with E-state index in [0.717, 1.165) is 33.1 Å². The fourth-order valence-corrected chi connectivity index (χ4v) is 2.26. The molecule has 0 unspecified atom stereocenters. The second-order valence-electron chi connectivity index (χ2n) is 3.13. The molecule has 2 aromatic rings. The average Bonchev–Trinajstić information content (AvgIpc) is 2.70. The molecule has 1 heterocycles. The second-order valence-corrected chi connectivity index (χ2v) is 4.61. The van der Waals surface area contributed by atoms with Gasteiger partial charge < -0.3 is 4.74 Å². The minimum absolute atomic E-state index is 0.783. The van der Waals surface area contributed by atoms with E-state index in [1.807, 2.05) is 18.2 Å². The van der Waals surface area contributed by atoms with Crippen molar-refractivity contribution in [3.63, 3.8) is 0 Å². The summed E-state index contributed by atoms with van der Waals surface area (Å²) in [5.74, 6) is 7.71. The zero-order chi connectivity index (χ0) is 11.4.